The Hall–Kier alpha value is -0.120. The van der Waals surface area contributed by atoms with Gasteiger partial charge in [0, 0.05) is 13.6 Å². The highest BCUT2D eigenvalue weighted by atomic mass is 16.3. The molecule has 0 aromatic carbocycles. The van der Waals surface area contributed by atoms with E-state index >= 15 is 0 Å². The lowest BCUT2D eigenvalue weighted by atomic mass is 10.7. The van der Waals surface area contributed by atoms with Crippen molar-refractivity contribution < 1.29 is 5.11 Å². The normalized spacial score (nSPS) is 10.3. The molecule has 0 atom stereocenters. The van der Waals surface area contributed by atoms with Crippen molar-refractivity contribution in [3.63, 3.8) is 0 Å². The number of nitrogens with zero attached hydrogens (tertiary/aromatic N) is 1. The van der Waals surface area contributed by atoms with Crippen LogP contribution in [0.3, 0.4) is 0 Å². The first kappa shape index (κ1) is 6.88. The van der Waals surface area contributed by atoms with E-state index in [1.54, 1.807) is 5.01 Å². The molecule has 0 bridgehead atoms. The molecule has 0 rings (SSSR count). The van der Waals surface area contributed by atoms with Crippen LogP contribution in [0.25, 0.3) is 0 Å². The van der Waals surface area contributed by atoms with Gasteiger partial charge in [0.2, 0.25) is 0 Å². The van der Waals surface area contributed by atoms with Gasteiger partial charge in [-0.2, -0.15) is 0 Å². The predicted molar refractivity (Wildman–Crippen MR) is 28.8 cm³/mol. The predicted octanol–water partition coefficient (Wildman–Crippen LogP) is -0.955. The second-order valence-electron chi connectivity index (χ2n) is 1.37. The van der Waals surface area contributed by atoms with Gasteiger partial charge in [-0.3, -0.25) is 5.43 Å². The van der Waals surface area contributed by atoms with E-state index in [0.29, 0.717) is 6.54 Å². The molecule has 0 heterocycles. The summed E-state index contributed by atoms with van der Waals surface area (Å²) in [6.07, 6.45) is 0. The summed E-state index contributed by atoms with van der Waals surface area (Å²) in [7, 11) is 3.69. The van der Waals surface area contributed by atoms with E-state index in [0.717, 1.165) is 0 Å². The molecule has 0 amide bonds. The Bertz CT molecular complexity index is 40.7. The smallest absolute Gasteiger partial charge is 0.0572 e. The fraction of sp³-hybridized carbons (Fsp3) is 1.00. The van der Waals surface area contributed by atoms with Gasteiger partial charge in [0.1, 0.15) is 0 Å². The Morgan fingerprint density at radius 1 is 1.71 bits per heavy atom. The van der Waals surface area contributed by atoms with Crippen molar-refractivity contribution in [2.24, 2.45) is 0 Å². The van der Waals surface area contributed by atoms with Crippen LogP contribution in [-0.2, 0) is 0 Å². The minimum atomic E-state index is 0.206. The van der Waals surface area contributed by atoms with Gasteiger partial charge in [-0.25, -0.2) is 5.01 Å². The van der Waals surface area contributed by atoms with E-state index in [2.05, 4.69) is 5.43 Å². The third kappa shape index (κ3) is 3.72. The van der Waals surface area contributed by atoms with E-state index in [-0.39, 0.29) is 6.61 Å². The molecule has 0 aliphatic carbocycles. The highest BCUT2D eigenvalue weighted by Gasteiger charge is 1.86. The van der Waals surface area contributed by atoms with Crippen LogP contribution in [0.1, 0.15) is 0 Å². The molecular formula is C4H12N2O. The summed E-state index contributed by atoms with van der Waals surface area (Å²) >= 11 is 0. The Morgan fingerprint density at radius 2 is 2.29 bits per heavy atom. The Balaban J connectivity index is 2.83. The second kappa shape index (κ2) is 4.05. The lowest BCUT2D eigenvalue weighted by Crippen LogP contribution is -2.32. The number of likely N-dealkylation sites (N-methyl/N-ethyl adjacent to an activating group) is 1. The lowest BCUT2D eigenvalue weighted by molar-refractivity contribution is 0.187. The number of aliphatic hydroxyl groups excluding tert-OH is 1. The van der Waals surface area contributed by atoms with Crippen molar-refractivity contribution in [2.75, 3.05) is 27.2 Å². The molecular weight excluding hydrogens is 92.1 g/mol. The molecule has 0 saturated heterocycles. The third-order valence-corrected chi connectivity index (χ3v) is 0.817. The summed E-state index contributed by atoms with van der Waals surface area (Å²) in [6.45, 7) is 0.883. The minimum absolute atomic E-state index is 0.206. The maximum atomic E-state index is 8.29. The lowest BCUT2D eigenvalue weighted by Gasteiger charge is -2.11. The van der Waals surface area contributed by atoms with Gasteiger partial charge in [-0.15, -0.1) is 0 Å². The standard InChI is InChI=1S/C4H12N2O/c1-5-6(2)3-4-7/h5,7H,3-4H2,1-2H3. The SMILES string of the molecule is CNN(C)CCO. The van der Waals surface area contributed by atoms with E-state index in [1.165, 1.54) is 0 Å². The zero-order valence-corrected chi connectivity index (χ0v) is 4.81. The average molecular weight is 104 g/mol. The average Bonchev–Trinajstić information content (AvgIpc) is 1.68. The van der Waals surface area contributed by atoms with Gasteiger partial charge in [0.25, 0.3) is 0 Å². The van der Waals surface area contributed by atoms with Crippen LogP contribution in [-0.4, -0.2) is 37.4 Å². The maximum absolute atomic E-state index is 8.29. The fourth-order valence-electron chi connectivity index (χ4n) is 0.262. The molecule has 0 radical (unpaired) electrons. The van der Waals surface area contributed by atoms with Gasteiger partial charge in [-0.05, 0) is 7.05 Å². The van der Waals surface area contributed by atoms with Crippen LogP contribution in [0.15, 0.2) is 0 Å². The Kier molecular flexibility index (Phi) is 3.98. The number of aliphatic hydroxyl groups is 1. The van der Waals surface area contributed by atoms with E-state index in [1.807, 2.05) is 14.1 Å². The second-order valence-corrected chi connectivity index (χ2v) is 1.37. The topological polar surface area (TPSA) is 35.5 Å². The summed E-state index contributed by atoms with van der Waals surface area (Å²) in [5.41, 5.74) is 2.84. The number of hydrogen-bond donors (Lipinski definition) is 2. The monoisotopic (exact) mass is 104 g/mol. The molecule has 3 heteroatoms. The number of hydrazine groups is 1. The minimum Gasteiger partial charge on any atom is -0.395 e. The van der Waals surface area contributed by atoms with Crippen molar-refractivity contribution in [3.05, 3.63) is 0 Å². The first-order valence-electron chi connectivity index (χ1n) is 2.30. The summed E-state index contributed by atoms with van der Waals surface area (Å²) in [5, 5.41) is 10.1. The Labute approximate surface area is 43.9 Å². The quantitative estimate of drug-likeness (QED) is 0.453. The highest BCUT2D eigenvalue weighted by molar-refractivity contribution is 4.34. The first-order valence-corrected chi connectivity index (χ1v) is 2.30. The molecule has 0 saturated carbocycles. The van der Waals surface area contributed by atoms with Gasteiger partial charge in [0.15, 0.2) is 0 Å². The molecule has 2 N–H and O–H groups in total. The van der Waals surface area contributed by atoms with Crippen LogP contribution in [0.4, 0.5) is 0 Å². The highest BCUT2D eigenvalue weighted by Crippen LogP contribution is 1.66. The summed E-state index contributed by atoms with van der Waals surface area (Å²) in [6, 6.07) is 0. The first-order chi connectivity index (χ1) is 3.31. The van der Waals surface area contributed by atoms with Gasteiger partial charge in [0.05, 0.1) is 6.61 Å². The molecule has 0 aliphatic heterocycles. The molecule has 44 valence electrons. The zero-order valence-electron chi connectivity index (χ0n) is 4.81. The van der Waals surface area contributed by atoms with Crippen molar-refractivity contribution in [2.45, 2.75) is 0 Å². The van der Waals surface area contributed by atoms with Crippen LogP contribution in [0.5, 0.6) is 0 Å². The molecule has 7 heavy (non-hydrogen) atoms. The van der Waals surface area contributed by atoms with Crippen molar-refractivity contribution >= 4 is 0 Å². The fourth-order valence-corrected chi connectivity index (χ4v) is 0.262. The van der Waals surface area contributed by atoms with E-state index in [9.17, 15) is 0 Å². The molecule has 0 unspecified atom stereocenters. The van der Waals surface area contributed by atoms with Crippen molar-refractivity contribution in [1.29, 1.82) is 0 Å². The molecule has 0 aliphatic rings. The zero-order chi connectivity index (χ0) is 5.70. The largest absolute Gasteiger partial charge is 0.395 e. The van der Waals surface area contributed by atoms with E-state index in [4.69, 9.17) is 5.11 Å². The molecule has 0 spiro atoms. The van der Waals surface area contributed by atoms with Crippen LogP contribution in [0, 0.1) is 0 Å². The van der Waals surface area contributed by atoms with E-state index < -0.39 is 0 Å². The van der Waals surface area contributed by atoms with Crippen LogP contribution >= 0.6 is 0 Å². The molecule has 0 aromatic heterocycles. The van der Waals surface area contributed by atoms with Gasteiger partial charge < -0.3 is 5.11 Å². The third-order valence-electron chi connectivity index (χ3n) is 0.817. The van der Waals surface area contributed by atoms with Gasteiger partial charge >= 0.3 is 0 Å². The summed E-state index contributed by atoms with van der Waals surface area (Å²) in [5.74, 6) is 0. The van der Waals surface area contributed by atoms with Crippen LogP contribution in [0.2, 0.25) is 0 Å². The Morgan fingerprint density at radius 3 is 2.43 bits per heavy atom. The summed E-state index contributed by atoms with van der Waals surface area (Å²) < 4.78 is 0. The number of hydrogen-bond acceptors (Lipinski definition) is 3. The van der Waals surface area contributed by atoms with Gasteiger partial charge in [-0.1, -0.05) is 0 Å². The summed E-state index contributed by atoms with van der Waals surface area (Å²) in [4.78, 5) is 0. The molecule has 3 nitrogen and oxygen atoms in total. The number of rotatable bonds is 3. The molecule has 0 aromatic rings. The molecule has 0 fully saturated rings. The van der Waals surface area contributed by atoms with Crippen molar-refractivity contribution in [3.8, 4) is 0 Å². The number of nitrogens with one attached hydrogen (secondary N) is 1. The maximum Gasteiger partial charge on any atom is 0.0572 e. The van der Waals surface area contributed by atoms with Crippen LogP contribution < -0.4 is 5.43 Å². The van der Waals surface area contributed by atoms with Crippen molar-refractivity contribution in [1.82, 2.24) is 10.4 Å².